The fourth-order valence-corrected chi connectivity index (χ4v) is 3.19. The van der Waals surface area contributed by atoms with Crippen molar-refractivity contribution in [3.8, 4) is 0 Å². The average Bonchev–Trinajstić information content (AvgIpc) is 2.70. The van der Waals surface area contributed by atoms with Gasteiger partial charge in [0.15, 0.2) is 5.82 Å². The number of carbonyl (C=O) groups excluding carboxylic acids is 1. The fourth-order valence-electron chi connectivity index (χ4n) is 3.19. The highest BCUT2D eigenvalue weighted by atomic mass is 16.2. The normalized spacial score (nSPS) is 24.4. The molecule has 2 aliphatic heterocycles. The molecule has 3 N–H and O–H groups in total. The summed E-state index contributed by atoms with van der Waals surface area (Å²) in [5.74, 6) is 0.989. The summed E-state index contributed by atoms with van der Waals surface area (Å²) in [5, 5.41) is 9.00. The zero-order chi connectivity index (χ0) is 19.1. The molecule has 1 aromatic rings. The van der Waals surface area contributed by atoms with Gasteiger partial charge in [-0.25, -0.2) is 9.78 Å². The molecule has 2 aliphatic rings. The van der Waals surface area contributed by atoms with Crippen molar-refractivity contribution in [1.82, 2.24) is 20.6 Å². The first-order valence-electron chi connectivity index (χ1n) is 9.31. The van der Waals surface area contributed by atoms with Gasteiger partial charge in [0, 0.05) is 42.5 Å². The Hall–Kier alpha value is -2.80. The number of nitrogens with one attached hydrogen (secondary N) is 3. The summed E-state index contributed by atoms with van der Waals surface area (Å²) < 4.78 is 0. The maximum atomic E-state index is 12.2. The van der Waals surface area contributed by atoms with Crippen molar-refractivity contribution in [2.75, 3.05) is 18.4 Å². The van der Waals surface area contributed by atoms with E-state index in [1.807, 2.05) is 13.0 Å². The molecule has 1 fully saturated rings. The summed E-state index contributed by atoms with van der Waals surface area (Å²) in [4.78, 5) is 24.6. The first-order chi connectivity index (χ1) is 13.1. The number of urea groups is 1. The Balaban J connectivity index is 1.61. The van der Waals surface area contributed by atoms with Gasteiger partial charge in [-0.2, -0.15) is 0 Å². The van der Waals surface area contributed by atoms with E-state index < -0.39 is 0 Å². The topological polar surface area (TPSA) is 91.3 Å². The Bertz CT molecular complexity index is 775. The number of allylic oxidation sites excluding steroid dienone is 3. The Morgan fingerprint density at radius 2 is 2.22 bits per heavy atom. The van der Waals surface area contributed by atoms with Gasteiger partial charge in [-0.3, -0.25) is 15.3 Å². The molecule has 142 valence electrons. The van der Waals surface area contributed by atoms with Gasteiger partial charge in [-0.15, -0.1) is 0 Å². The second-order valence-corrected chi connectivity index (χ2v) is 6.84. The highest BCUT2D eigenvalue weighted by Crippen LogP contribution is 2.24. The smallest absolute Gasteiger partial charge is 0.316 e. The maximum Gasteiger partial charge on any atom is 0.324 e. The van der Waals surface area contributed by atoms with Crippen molar-refractivity contribution < 1.29 is 4.79 Å². The van der Waals surface area contributed by atoms with E-state index in [0.717, 1.165) is 24.5 Å². The molecule has 7 nitrogen and oxygen atoms in total. The molecule has 3 rings (SSSR count). The number of amides is 2. The molecule has 2 atom stereocenters. The SMILES string of the molecule is CC(=CC=C1N=CC=C(NC(=O)Nc2cnccn2)C1C)C1CCCNC1. The second kappa shape index (κ2) is 9.23. The van der Waals surface area contributed by atoms with Crippen molar-refractivity contribution >= 4 is 18.1 Å². The van der Waals surface area contributed by atoms with Gasteiger partial charge in [-0.05, 0) is 44.4 Å². The maximum absolute atomic E-state index is 12.2. The monoisotopic (exact) mass is 366 g/mol. The highest BCUT2D eigenvalue weighted by Gasteiger charge is 2.19. The number of nitrogens with zero attached hydrogens (tertiary/aromatic N) is 3. The van der Waals surface area contributed by atoms with Gasteiger partial charge < -0.3 is 10.6 Å². The minimum absolute atomic E-state index is 0.00358. The van der Waals surface area contributed by atoms with Crippen LogP contribution in [0.25, 0.3) is 0 Å². The summed E-state index contributed by atoms with van der Waals surface area (Å²) in [6.07, 6.45) is 14.8. The molecule has 0 radical (unpaired) electrons. The van der Waals surface area contributed by atoms with Gasteiger partial charge >= 0.3 is 6.03 Å². The molecule has 3 heterocycles. The summed E-state index contributed by atoms with van der Waals surface area (Å²) in [6, 6.07) is -0.344. The third-order valence-electron chi connectivity index (χ3n) is 4.91. The molecular weight excluding hydrogens is 340 g/mol. The van der Waals surface area contributed by atoms with Crippen LogP contribution in [0.1, 0.15) is 26.7 Å². The minimum atomic E-state index is -0.344. The summed E-state index contributed by atoms with van der Waals surface area (Å²) >= 11 is 0. The lowest BCUT2D eigenvalue weighted by atomic mass is 9.91. The van der Waals surface area contributed by atoms with Crippen molar-refractivity contribution in [3.05, 3.63) is 53.8 Å². The number of anilines is 1. The molecule has 0 spiro atoms. The van der Waals surface area contributed by atoms with E-state index in [2.05, 4.69) is 50.0 Å². The molecular formula is C20H26N6O. The predicted octanol–water partition coefficient (Wildman–Crippen LogP) is 3.03. The van der Waals surface area contributed by atoms with Gasteiger partial charge in [0.25, 0.3) is 0 Å². The number of aliphatic imine (C=N–C) groups is 1. The zero-order valence-corrected chi connectivity index (χ0v) is 15.8. The molecule has 1 saturated heterocycles. The van der Waals surface area contributed by atoms with Crippen LogP contribution in [0.2, 0.25) is 0 Å². The van der Waals surface area contributed by atoms with Crippen LogP contribution in [0, 0.1) is 11.8 Å². The van der Waals surface area contributed by atoms with E-state index in [9.17, 15) is 4.79 Å². The van der Waals surface area contributed by atoms with Crippen LogP contribution in [-0.2, 0) is 0 Å². The van der Waals surface area contributed by atoms with Crippen molar-refractivity contribution in [1.29, 1.82) is 0 Å². The van der Waals surface area contributed by atoms with Crippen molar-refractivity contribution in [2.45, 2.75) is 26.7 Å². The molecule has 7 heteroatoms. The first kappa shape index (κ1) is 19.0. The Morgan fingerprint density at radius 1 is 1.33 bits per heavy atom. The van der Waals surface area contributed by atoms with Crippen LogP contribution in [0.3, 0.4) is 0 Å². The lowest BCUT2D eigenvalue weighted by Crippen LogP contribution is -2.32. The number of hydrogen-bond donors (Lipinski definition) is 3. The van der Waals surface area contributed by atoms with Crippen LogP contribution < -0.4 is 16.0 Å². The van der Waals surface area contributed by atoms with Gasteiger partial charge in [0.1, 0.15) is 0 Å². The number of hydrogen-bond acceptors (Lipinski definition) is 5. The van der Waals surface area contributed by atoms with E-state index in [-0.39, 0.29) is 11.9 Å². The van der Waals surface area contributed by atoms with Crippen LogP contribution in [0.15, 0.2) is 58.8 Å². The van der Waals surface area contributed by atoms with Crippen molar-refractivity contribution in [2.24, 2.45) is 16.8 Å². The molecule has 1 aromatic heterocycles. The number of carbonyl (C=O) groups is 1. The predicted molar refractivity (Wildman–Crippen MR) is 107 cm³/mol. The molecule has 2 amide bonds. The second-order valence-electron chi connectivity index (χ2n) is 6.84. The van der Waals surface area contributed by atoms with E-state index in [4.69, 9.17) is 0 Å². The van der Waals surface area contributed by atoms with E-state index in [1.165, 1.54) is 30.8 Å². The fraction of sp³-hybridized carbons (Fsp3) is 0.400. The Morgan fingerprint density at radius 3 is 2.96 bits per heavy atom. The van der Waals surface area contributed by atoms with Crippen molar-refractivity contribution in [3.63, 3.8) is 0 Å². The van der Waals surface area contributed by atoms with Gasteiger partial charge in [0.05, 0.1) is 6.20 Å². The number of dihydropyridines is 1. The molecule has 2 unspecified atom stereocenters. The molecule has 0 aromatic carbocycles. The minimum Gasteiger partial charge on any atom is -0.316 e. The van der Waals surface area contributed by atoms with Gasteiger partial charge in [0.2, 0.25) is 0 Å². The third kappa shape index (κ3) is 5.34. The Labute approximate surface area is 159 Å². The van der Waals surface area contributed by atoms with E-state index in [0.29, 0.717) is 11.7 Å². The van der Waals surface area contributed by atoms with E-state index in [1.54, 1.807) is 12.4 Å². The molecule has 0 bridgehead atoms. The van der Waals surface area contributed by atoms with Crippen LogP contribution in [-0.4, -0.2) is 35.3 Å². The van der Waals surface area contributed by atoms with Crippen LogP contribution in [0.4, 0.5) is 10.6 Å². The number of rotatable bonds is 4. The number of piperidine rings is 1. The summed E-state index contributed by atoms with van der Waals surface area (Å²) in [5.41, 5.74) is 3.08. The Kier molecular flexibility index (Phi) is 6.49. The summed E-state index contributed by atoms with van der Waals surface area (Å²) in [7, 11) is 0. The van der Waals surface area contributed by atoms with Crippen LogP contribution in [0.5, 0.6) is 0 Å². The van der Waals surface area contributed by atoms with E-state index >= 15 is 0 Å². The largest absolute Gasteiger partial charge is 0.324 e. The van der Waals surface area contributed by atoms with Crippen LogP contribution >= 0.6 is 0 Å². The third-order valence-corrected chi connectivity index (χ3v) is 4.91. The van der Waals surface area contributed by atoms with Gasteiger partial charge in [-0.1, -0.05) is 18.6 Å². The zero-order valence-electron chi connectivity index (χ0n) is 15.8. The average molecular weight is 366 g/mol. The molecule has 27 heavy (non-hydrogen) atoms. The highest BCUT2D eigenvalue weighted by molar-refractivity contribution is 5.90. The quantitative estimate of drug-likeness (QED) is 0.764. The lowest BCUT2D eigenvalue weighted by molar-refractivity contribution is 0.253. The molecule has 0 saturated carbocycles. The summed E-state index contributed by atoms with van der Waals surface area (Å²) in [6.45, 7) is 6.36. The lowest BCUT2D eigenvalue weighted by Gasteiger charge is -2.23. The molecule has 0 aliphatic carbocycles. The number of aromatic nitrogens is 2. The first-order valence-corrected chi connectivity index (χ1v) is 9.31. The standard InChI is InChI=1S/C20H26N6O/c1-14(16-4-3-8-21-12-16)5-6-17-15(2)18(7-9-23-17)25-20(27)26-19-13-22-10-11-24-19/h5-7,9-11,13,15-16,21H,3-4,8,12H2,1-2H3,(H2,24,25,26,27).